The highest BCUT2D eigenvalue weighted by Gasteiger charge is 2.17. The second-order valence-corrected chi connectivity index (χ2v) is 8.75. The van der Waals surface area contributed by atoms with Crippen molar-refractivity contribution in [2.75, 3.05) is 11.9 Å². The zero-order valence-corrected chi connectivity index (χ0v) is 19.6. The third-order valence-electron chi connectivity index (χ3n) is 5.37. The average Bonchev–Trinajstić information content (AvgIpc) is 3.28. The molecule has 1 N–H and O–H groups in total. The maximum Gasteiger partial charge on any atom is 0.332 e. The summed E-state index contributed by atoms with van der Waals surface area (Å²) in [5.41, 5.74) is 3.12. The Morgan fingerprint density at radius 2 is 1.79 bits per heavy atom. The molecule has 4 rings (SSSR count). The number of aryl methyl sites for hydroxylation is 2. The Bertz CT molecular complexity index is 1430. The number of ether oxygens (including phenoxy) is 1. The van der Waals surface area contributed by atoms with Crippen LogP contribution in [0.5, 0.6) is 5.75 Å². The van der Waals surface area contributed by atoms with E-state index in [1.165, 1.54) is 20.5 Å². The summed E-state index contributed by atoms with van der Waals surface area (Å²) in [7, 11) is 0. The van der Waals surface area contributed by atoms with E-state index in [0.29, 0.717) is 22.5 Å². The number of aromatic nitrogens is 2. The van der Waals surface area contributed by atoms with E-state index < -0.39 is 5.69 Å². The van der Waals surface area contributed by atoms with Crippen molar-refractivity contribution in [1.82, 2.24) is 9.13 Å². The van der Waals surface area contributed by atoms with Crippen LogP contribution < -0.4 is 21.3 Å². The summed E-state index contributed by atoms with van der Waals surface area (Å²) >= 11 is 1.26. The molecule has 0 aliphatic heterocycles. The summed E-state index contributed by atoms with van der Waals surface area (Å²) in [5, 5.41) is 4.63. The molecule has 1 amide bonds. The Labute approximate surface area is 194 Å². The van der Waals surface area contributed by atoms with E-state index >= 15 is 0 Å². The smallest absolute Gasteiger partial charge is 0.332 e. The number of fused-ring (bicyclic) bond motifs is 1. The largest absolute Gasteiger partial charge is 0.494 e. The number of amides is 1. The van der Waals surface area contributed by atoms with Gasteiger partial charge in [0.2, 0.25) is 5.91 Å². The molecule has 0 fully saturated rings. The molecular formula is C25H25N3O4S. The first-order valence-electron chi connectivity index (χ1n) is 10.7. The zero-order chi connectivity index (χ0) is 23.5. The van der Waals surface area contributed by atoms with Crippen LogP contribution in [-0.4, -0.2) is 21.6 Å². The number of nitrogens with one attached hydrogen (secondary N) is 1. The molecule has 0 saturated carbocycles. The Morgan fingerprint density at radius 3 is 2.48 bits per heavy atom. The van der Waals surface area contributed by atoms with Gasteiger partial charge in [0, 0.05) is 5.69 Å². The molecule has 2 heterocycles. The van der Waals surface area contributed by atoms with Crippen LogP contribution in [0.25, 0.3) is 10.2 Å². The topological polar surface area (TPSA) is 82.3 Å². The lowest BCUT2D eigenvalue weighted by Gasteiger charge is -2.14. The van der Waals surface area contributed by atoms with E-state index in [2.05, 4.69) is 5.32 Å². The number of carbonyl (C=O) groups excluding carboxylic acids is 1. The molecule has 0 aliphatic carbocycles. The third-order valence-corrected chi connectivity index (χ3v) is 6.26. The molecule has 0 radical (unpaired) electrons. The van der Waals surface area contributed by atoms with Gasteiger partial charge in [-0.3, -0.25) is 18.7 Å². The summed E-state index contributed by atoms with van der Waals surface area (Å²) in [4.78, 5) is 39.1. The molecule has 0 aliphatic rings. The summed E-state index contributed by atoms with van der Waals surface area (Å²) in [6.45, 7) is 6.28. The summed E-state index contributed by atoms with van der Waals surface area (Å²) in [6, 6.07) is 14.7. The van der Waals surface area contributed by atoms with Gasteiger partial charge in [0.1, 0.15) is 17.0 Å². The molecule has 0 atom stereocenters. The number of hydrogen-bond acceptors (Lipinski definition) is 5. The van der Waals surface area contributed by atoms with Gasteiger partial charge in [0.05, 0.1) is 18.7 Å². The zero-order valence-electron chi connectivity index (χ0n) is 18.8. The van der Waals surface area contributed by atoms with Gasteiger partial charge in [0.15, 0.2) is 0 Å². The number of rotatable bonds is 7. The summed E-state index contributed by atoms with van der Waals surface area (Å²) in [5.74, 6) is 0.394. The van der Waals surface area contributed by atoms with Crippen molar-refractivity contribution in [3.05, 3.63) is 91.4 Å². The molecule has 8 heteroatoms. The second-order valence-electron chi connectivity index (χ2n) is 7.84. The molecule has 0 unspecified atom stereocenters. The number of carbonyl (C=O) groups is 1. The first-order chi connectivity index (χ1) is 15.9. The Morgan fingerprint density at radius 1 is 1.03 bits per heavy atom. The van der Waals surface area contributed by atoms with Gasteiger partial charge in [-0.25, -0.2) is 4.79 Å². The molecule has 7 nitrogen and oxygen atoms in total. The predicted molar refractivity (Wildman–Crippen MR) is 132 cm³/mol. The molecule has 0 saturated heterocycles. The van der Waals surface area contributed by atoms with E-state index in [1.54, 1.807) is 11.4 Å². The minimum absolute atomic E-state index is 0.108. The lowest BCUT2D eigenvalue weighted by Crippen LogP contribution is -2.41. The molecule has 2 aromatic carbocycles. The fourth-order valence-electron chi connectivity index (χ4n) is 3.75. The number of nitrogens with zero attached hydrogens (tertiary/aromatic N) is 2. The fourth-order valence-corrected chi connectivity index (χ4v) is 4.60. The van der Waals surface area contributed by atoms with E-state index in [-0.39, 0.29) is 24.6 Å². The fraction of sp³-hybridized carbons (Fsp3) is 0.240. The maximum absolute atomic E-state index is 13.3. The second kappa shape index (κ2) is 9.46. The van der Waals surface area contributed by atoms with Crippen LogP contribution in [0.1, 0.15) is 23.6 Å². The lowest BCUT2D eigenvalue weighted by atomic mass is 10.1. The van der Waals surface area contributed by atoms with Crippen LogP contribution in [0.15, 0.2) is 63.5 Å². The van der Waals surface area contributed by atoms with Crippen molar-refractivity contribution in [3.8, 4) is 5.75 Å². The van der Waals surface area contributed by atoms with Crippen molar-refractivity contribution < 1.29 is 9.53 Å². The van der Waals surface area contributed by atoms with E-state index in [1.807, 2.05) is 63.2 Å². The third kappa shape index (κ3) is 4.75. The van der Waals surface area contributed by atoms with Gasteiger partial charge in [-0.2, -0.15) is 0 Å². The standard InChI is InChI=1S/C25H25N3O4S/c1-4-32-19-8-6-18(7-9-19)14-28-24(30)23-21(11-12-33-23)27(25(28)31)15-22(29)26-20-10-5-16(2)13-17(20)3/h5-13H,4,14-15H2,1-3H3,(H,26,29). The van der Waals surface area contributed by atoms with Crippen LogP contribution >= 0.6 is 11.3 Å². The van der Waals surface area contributed by atoms with Gasteiger partial charge >= 0.3 is 5.69 Å². The van der Waals surface area contributed by atoms with Crippen molar-refractivity contribution in [1.29, 1.82) is 0 Å². The van der Waals surface area contributed by atoms with Crippen LogP contribution in [-0.2, 0) is 17.9 Å². The quantitative estimate of drug-likeness (QED) is 0.450. The SMILES string of the molecule is CCOc1ccc(Cn2c(=O)c3sccc3n(CC(=O)Nc3ccc(C)cc3C)c2=O)cc1. The Hall–Kier alpha value is -3.65. The molecule has 170 valence electrons. The van der Waals surface area contributed by atoms with Crippen molar-refractivity contribution in [3.63, 3.8) is 0 Å². The monoisotopic (exact) mass is 463 g/mol. The Balaban J connectivity index is 1.67. The van der Waals surface area contributed by atoms with Crippen molar-refractivity contribution >= 4 is 33.1 Å². The van der Waals surface area contributed by atoms with Crippen LogP contribution in [0.2, 0.25) is 0 Å². The number of thiophene rings is 1. The number of hydrogen-bond donors (Lipinski definition) is 1. The van der Waals surface area contributed by atoms with Crippen LogP contribution in [0, 0.1) is 13.8 Å². The predicted octanol–water partition coefficient (Wildman–Crippen LogP) is 3.93. The molecule has 4 aromatic rings. The van der Waals surface area contributed by atoms with Gasteiger partial charge in [-0.05, 0) is 61.5 Å². The normalized spacial score (nSPS) is 11.0. The molecule has 2 aromatic heterocycles. The van der Waals surface area contributed by atoms with E-state index in [4.69, 9.17) is 4.74 Å². The average molecular weight is 464 g/mol. The molecule has 33 heavy (non-hydrogen) atoms. The molecule has 0 bridgehead atoms. The summed E-state index contributed by atoms with van der Waals surface area (Å²) < 4.78 is 8.44. The van der Waals surface area contributed by atoms with Crippen LogP contribution in [0.3, 0.4) is 0 Å². The highest BCUT2D eigenvalue weighted by Crippen LogP contribution is 2.18. The van der Waals surface area contributed by atoms with Crippen molar-refractivity contribution in [2.24, 2.45) is 0 Å². The highest BCUT2D eigenvalue weighted by molar-refractivity contribution is 7.17. The van der Waals surface area contributed by atoms with Gasteiger partial charge < -0.3 is 10.1 Å². The lowest BCUT2D eigenvalue weighted by molar-refractivity contribution is -0.116. The first-order valence-corrected chi connectivity index (χ1v) is 11.5. The summed E-state index contributed by atoms with van der Waals surface area (Å²) in [6.07, 6.45) is 0. The molecule has 0 spiro atoms. The van der Waals surface area contributed by atoms with Gasteiger partial charge in [0.25, 0.3) is 5.56 Å². The minimum atomic E-state index is -0.518. The Kier molecular flexibility index (Phi) is 6.46. The number of benzene rings is 2. The van der Waals surface area contributed by atoms with Gasteiger partial charge in [-0.15, -0.1) is 11.3 Å². The minimum Gasteiger partial charge on any atom is -0.494 e. The van der Waals surface area contributed by atoms with Gasteiger partial charge in [-0.1, -0.05) is 29.8 Å². The molecular weight excluding hydrogens is 438 g/mol. The highest BCUT2D eigenvalue weighted by atomic mass is 32.1. The van der Waals surface area contributed by atoms with E-state index in [9.17, 15) is 14.4 Å². The number of anilines is 1. The maximum atomic E-state index is 13.3. The van der Waals surface area contributed by atoms with Crippen molar-refractivity contribution in [2.45, 2.75) is 33.9 Å². The van der Waals surface area contributed by atoms with Crippen LogP contribution in [0.4, 0.5) is 5.69 Å². The van der Waals surface area contributed by atoms with E-state index in [0.717, 1.165) is 22.4 Å². The first kappa shape index (κ1) is 22.5.